The third-order valence-corrected chi connectivity index (χ3v) is 7.37. The predicted molar refractivity (Wildman–Crippen MR) is 173 cm³/mol. The van der Waals surface area contributed by atoms with Crippen molar-refractivity contribution in [2.45, 2.75) is 19.4 Å². The zero-order valence-electron chi connectivity index (χ0n) is 22.1. The van der Waals surface area contributed by atoms with Crippen molar-refractivity contribution in [3.63, 3.8) is 0 Å². The van der Waals surface area contributed by atoms with E-state index in [0.29, 0.717) is 52.6 Å². The molecule has 1 amide bonds. The van der Waals surface area contributed by atoms with Crippen LogP contribution in [0.4, 0.5) is 17.3 Å². The maximum absolute atomic E-state index is 12.9. The number of anilines is 3. The Kier molecular flexibility index (Phi) is 11.5. The van der Waals surface area contributed by atoms with Gasteiger partial charge in [-0.05, 0) is 75.1 Å². The fraction of sp³-hybridized carbons (Fsp3) is 0.133. The van der Waals surface area contributed by atoms with Gasteiger partial charge in [0, 0.05) is 31.5 Å². The molecule has 4 aromatic rings. The van der Waals surface area contributed by atoms with Gasteiger partial charge in [0.1, 0.15) is 6.61 Å². The van der Waals surface area contributed by atoms with Crippen LogP contribution >= 0.6 is 62.3 Å². The van der Waals surface area contributed by atoms with Gasteiger partial charge in [-0.3, -0.25) is 9.59 Å². The second-order valence-electron chi connectivity index (χ2n) is 8.92. The number of esters is 1. The van der Waals surface area contributed by atoms with E-state index >= 15 is 0 Å². The highest BCUT2D eigenvalue weighted by Gasteiger charge is 2.14. The number of carbonyl (C=O) groups is 2. The van der Waals surface area contributed by atoms with Crippen LogP contribution in [0.5, 0.6) is 5.88 Å². The number of hydrogen-bond acceptors (Lipinski definition) is 7. The molecule has 0 bridgehead atoms. The molecule has 43 heavy (non-hydrogen) atoms. The molecule has 0 atom stereocenters. The van der Waals surface area contributed by atoms with Crippen molar-refractivity contribution in [3.8, 4) is 18.2 Å². The summed E-state index contributed by atoms with van der Waals surface area (Å²) in [6, 6.07) is 14.9. The minimum atomic E-state index is -0.503. The monoisotopic (exact) mass is 720 g/mol. The van der Waals surface area contributed by atoms with Crippen molar-refractivity contribution < 1.29 is 19.1 Å². The molecular formula is C30H21BrCl4N4O4. The van der Waals surface area contributed by atoms with Crippen LogP contribution in [0.2, 0.25) is 20.1 Å². The summed E-state index contributed by atoms with van der Waals surface area (Å²) in [5.74, 6) is 2.00. The molecule has 1 heterocycles. The lowest BCUT2D eigenvalue weighted by atomic mass is 10.1. The molecule has 0 unspecified atom stereocenters. The summed E-state index contributed by atoms with van der Waals surface area (Å²) < 4.78 is 11.5. The molecule has 0 aliphatic heterocycles. The summed E-state index contributed by atoms with van der Waals surface area (Å²) in [6.07, 6.45) is 6.75. The Labute approximate surface area is 276 Å². The molecule has 1 aromatic heterocycles. The Morgan fingerprint density at radius 3 is 2.21 bits per heavy atom. The number of benzene rings is 3. The van der Waals surface area contributed by atoms with Gasteiger partial charge < -0.3 is 20.1 Å². The van der Waals surface area contributed by atoms with E-state index in [2.05, 4.69) is 42.5 Å². The van der Waals surface area contributed by atoms with Gasteiger partial charge in [-0.1, -0.05) is 64.5 Å². The van der Waals surface area contributed by atoms with Gasteiger partial charge in [0.25, 0.3) is 0 Å². The van der Waals surface area contributed by atoms with Crippen molar-refractivity contribution in [1.82, 2.24) is 9.97 Å². The quantitative estimate of drug-likeness (QED) is 0.119. The Morgan fingerprint density at radius 1 is 0.907 bits per heavy atom. The lowest BCUT2D eigenvalue weighted by Crippen LogP contribution is -2.15. The molecule has 0 spiro atoms. The summed E-state index contributed by atoms with van der Waals surface area (Å²) in [5, 5.41) is 7.59. The van der Waals surface area contributed by atoms with Crippen LogP contribution < -0.4 is 15.4 Å². The third kappa shape index (κ3) is 9.75. The van der Waals surface area contributed by atoms with Crippen molar-refractivity contribution in [3.05, 3.63) is 102 Å². The van der Waals surface area contributed by atoms with Crippen LogP contribution in [-0.2, 0) is 33.8 Å². The summed E-state index contributed by atoms with van der Waals surface area (Å²) in [4.78, 5) is 34.1. The number of amides is 1. The summed E-state index contributed by atoms with van der Waals surface area (Å²) in [6.45, 7) is -0.0753. The maximum Gasteiger partial charge on any atom is 0.310 e. The number of terminal acetylenes is 1. The molecule has 220 valence electrons. The van der Waals surface area contributed by atoms with Gasteiger partial charge >= 0.3 is 5.97 Å². The van der Waals surface area contributed by atoms with E-state index in [1.54, 1.807) is 54.6 Å². The number of nitrogens with zero attached hydrogens (tertiary/aromatic N) is 2. The van der Waals surface area contributed by atoms with Crippen LogP contribution in [0.15, 0.2) is 65.3 Å². The molecule has 13 heteroatoms. The molecule has 0 aliphatic carbocycles. The second-order valence-corrected chi connectivity index (χ2v) is 11.5. The molecule has 0 fully saturated rings. The smallest absolute Gasteiger partial charge is 0.310 e. The van der Waals surface area contributed by atoms with E-state index < -0.39 is 5.97 Å². The fourth-order valence-electron chi connectivity index (χ4n) is 3.75. The van der Waals surface area contributed by atoms with Gasteiger partial charge in [0.05, 0.1) is 23.5 Å². The van der Waals surface area contributed by atoms with E-state index in [0.717, 1.165) is 0 Å². The van der Waals surface area contributed by atoms with Gasteiger partial charge in [0.15, 0.2) is 6.61 Å². The molecule has 8 nitrogen and oxygen atoms in total. The first kappa shape index (κ1) is 32.4. The standard InChI is InChI=1S/C30H21BrCl4N4O4/c1-2-7-42-29-24(31)15-36-30(39-29)38-23-9-17(16-43-28(41)11-19-4-6-21(33)13-26(19)35)8-22(14-23)37-27(40)10-18-3-5-20(32)12-25(18)34/h1,3-6,8-9,12-15H,7,10-11,16H2,(H,37,40)(H,36,38,39). The van der Waals surface area contributed by atoms with Crippen molar-refractivity contribution in [2.75, 3.05) is 17.2 Å². The molecule has 0 saturated heterocycles. The first-order chi connectivity index (χ1) is 20.6. The minimum Gasteiger partial charge on any atom is -0.464 e. The number of aromatic nitrogens is 2. The Balaban J connectivity index is 1.54. The third-order valence-electron chi connectivity index (χ3n) is 5.65. The Hall–Kier alpha value is -3.52. The number of carbonyl (C=O) groups excluding carboxylic acids is 2. The van der Waals surface area contributed by atoms with E-state index in [9.17, 15) is 9.59 Å². The van der Waals surface area contributed by atoms with Crippen LogP contribution in [0.3, 0.4) is 0 Å². The highest BCUT2D eigenvalue weighted by atomic mass is 79.9. The number of nitrogens with one attached hydrogen (secondary N) is 2. The predicted octanol–water partition coefficient (Wildman–Crippen LogP) is 8.08. The van der Waals surface area contributed by atoms with Gasteiger partial charge in [-0.25, -0.2) is 4.98 Å². The molecule has 2 N–H and O–H groups in total. The molecule has 0 radical (unpaired) electrons. The summed E-state index contributed by atoms with van der Waals surface area (Å²) in [5.41, 5.74) is 2.68. The van der Waals surface area contributed by atoms with Gasteiger partial charge in [-0.15, -0.1) is 6.42 Å². The Bertz CT molecular complexity index is 1710. The number of halogens is 5. The number of ether oxygens (including phenoxy) is 2. The van der Waals surface area contributed by atoms with Crippen LogP contribution in [-0.4, -0.2) is 28.5 Å². The van der Waals surface area contributed by atoms with Gasteiger partial charge in [-0.2, -0.15) is 4.98 Å². The van der Waals surface area contributed by atoms with Crippen molar-refractivity contribution in [2.24, 2.45) is 0 Å². The molecule has 4 rings (SSSR count). The first-order valence-corrected chi connectivity index (χ1v) is 14.7. The first-order valence-electron chi connectivity index (χ1n) is 12.4. The lowest BCUT2D eigenvalue weighted by molar-refractivity contribution is -0.144. The molecule has 0 aliphatic rings. The van der Waals surface area contributed by atoms with Crippen LogP contribution in [0.1, 0.15) is 16.7 Å². The zero-order valence-corrected chi connectivity index (χ0v) is 26.7. The molecular weight excluding hydrogens is 702 g/mol. The largest absolute Gasteiger partial charge is 0.464 e. The zero-order chi connectivity index (χ0) is 30.9. The summed E-state index contributed by atoms with van der Waals surface area (Å²) in [7, 11) is 0. The average Bonchev–Trinajstić information content (AvgIpc) is 2.95. The lowest BCUT2D eigenvalue weighted by Gasteiger charge is -2.14. The molecule has 0 saturated carbocycles. The minimum absolute atomic E-state index is 0.00549. The van der Waals surface area contributed by atoms with Crippen molar-refractivity contribution >= 4 is 91.5 Å². The maximum atomic E-state index is 12.9. The fourth-order valence-corrected chi connectivity index (χ4v) is 5.01. The number of hydrogen-bond donors (Lipinski definition) is 2. The van der Waals surface area contributed by atoms with E-state index in [1.165, 1.54) is 6.20 Å². The Morgan fingerprint density at radius 2 is 1.56 bits per heavy atom. The van der Waals surface area contributed by atoms with E-state index in [1.807, 2.05) is 0 Å². The van der Waals surface area contributed by atoms with E-state index in [-0.39, 0.29) is 43.8 Å². The topological polar surface area (TPSA) is 102 Å². The highest BCUT2D eigenvalue weighted by molar-refractivity contribution is 9.10. The average molecular weight is 723 g/mol. The normalized spacial score (nSPS) is 10.5. The highest BCUT2D eigenvalue weighted by Crippen LogP contribution is 2.27. The SMILES string of the molecule is C#CCOc1nc(Nc2cc(COC(=O)Cc3ccc(Cl)cc3Cl)cc(NC(=O)Cc3ccc(Cl)cc3Cl)c2)ncc1Br. The second kappa shape index (κ2) is 15.3. The molecule has 3 aromatic carbocycles. The van der Waals surface area contributed by atoms with Gasteiger partial charge in [0.2, 0.25) is 17.7 Å². The van der Waals surface area contributed by atoms with Crippen LogP contribution in [0, 0.1) is 12.3 Å². The number of rotatable bonds is 11. The summed E-state index contributed by atoms with van der Waals surface area (Å²) >= 11 is 27.7. The van der Waals surface area contributed by atoms with Crippen molar-refractivity contribution in [1.29, 1.82) is 0 Å². The van der Waals surface area contributed by atoms with Crippen LogP contribution in [0.25, 0.3) is 0 Å². The van der Waals surface area contributed by atoms with E-state index in [4.69, 9.17) is 62.3 Å².